The standard InChI is InChI=1S/C19H20N6O4/c1-12-20-17(24(2)3)15(16(23-27)19(26)28-4)18(21-12)29-14-10-11-25(22-14)13-8-6-5-7-9-13/h5-11,27H,1-4H3. The Labute approximate surface area is 167 Å². The highest BCUT2D eigenvalue weighted by atomic mass is 16.5. The van der Waals surface area contributed by atoms with Gasteiger partial charge in [0.15, 0.2) is 0 Å². The number of methoxy groups -OCH3 is 1. The molecule has 0 spiro atoms. The van der Waals surface area contributed by atoms with E-state index >= 15 is 0 Å². The summed E-state index contributed by atoms with van der Waals surface area (Å²) in [6.45, 7) is 1.68. The lowest BCUT2D eigenvalue weighted by atomic mass is 10.1. The molecule has 1 N–H and O–H groups in total. The van der Waals surface area contributed by atoms with Crippen LogP contribution in [0.5, 0.6) is 11.8 Å². The summed E-state index contributed by atoms with van der Waals surface area (Å²) >= 11 is 0. The van der Waals surface area contributed by atoms with Gasteiger partial charge in [0.2, 0.25) is 17.5 Å². The second-order valence-electron chi connectivity index (χ2n) is 6.15. The number of carbonyl (C=O) groups excluding carboxylic acids is 1. The van der Waals surface area contributed by atoms with E-state index in [9.17, 15) is 10.0 Å². The summed E-state index contributed by atoms with van der Waals surface area (Å²) in [7, 11) is 4.64. The molecule has 150 valence electrons. The minimum atomic E-state index is -0.859. The van der Waals surface area contributed by atoms with Crippen LogP contribution in [0.25, 0.3) is 5.69 Å². The summed E-state index contributed by atoms with van der Waals surface area (Å²) in [4.78, 5) is 22.4. The SMILES string of the molecule is COC(=O)C(=NO)c1c(Oc2ccn(-c3ccccc3)n2)nc(C)nc1N(C)C. The van der Waals surface area contributed by atoms with Crippen LogP contribution in [0.1, 0.15) is 11.4 Å². The van der Waals surface area contributed by atoms with Gasteiger partial charge in [-0.25, -0.2) is 14.5 Å². The highest BCUT2D eigenvalue weighted by molar-refractivity contribution is 6.44. The number of esters is 1. The van der Waals surface area contributed by atoms with E-state index in [1.54, 1.807) is 42.9 Å². The first-order chi connectivity index (χ1) is 13.9. The minimum absolute atomic E-state index is 0.0118. The van der Waals surface area contributed by atoms with Crippen molar-refractivity contribution in [2.24, 2.45) is 5.16 Å². The van der Waals surface area contributed by atoms with E-state index in [1.807, 2.05) is 30.3 Å². The molecule has 0 aliphatic heterocycles. The van der Waals surface area contributed by atoms with Crippen molar-refractivity contribution in [2.45, 2.75) is 6.92 Å². The number of carbonyl (C=O) groups is 1. The first kappa shape index (κ1) is 19.8. The van der Waals surface area contributed by atoms with Crippen LogP contribution in [0.3, 0.4) is 0 Å². The van der Waals surface area contributed by atoms with Crippen molar-refractivity contribution in [3.05, 3.63) is 54.0 Å². The van der Waals surface area contributed by atoms with E-state index in [0.29, 0.717) is 11.6 Å². The molecule has 0 fully saturated rings. The molecule has 10 nitrogen and oxygen atoms in total. The van der Waals surface area contributed by atoms with Crippen LogP contribution in [-0.2, 0) is 9.53 Å². The van der Waals surface area contributed by atoms with E-state index in [1.165, 1.54) is 7.11 Å². The lowest BCUT2D eigenvalue weighted by Gasteiger charge is -2.18. The minimum Gasteiger partial charge on any atom is -0.464 e. The quantitative estimate of drug-likeness (QED) is 0.292. The fourth-order valence-corrected chi connectivity index (χ4v) is 2.61. The smallest absolute Gasteiger partial charge is 0.361 e. The maximum absolute atomic E-state index is 12.1. The number of aromatic nitrogens is 4. The van der Waals surface area contributed by atoms with Crippen molar-refractivity contribution in [3.63, 3.8) is 0 Å². The van der Waals surface area contributed by atoms with Crippen molar-refractivity contribution >= 4 is 17.5 Å². The topological polar surface area (TPSA) is 115 Å². The zero-order valence-corrected chi connectivity index (χ0v) is 16.4. The van der Waals surface area contributed by atoms with Crippen molar-refractivity contribution in [1.82, 2.24) is 19.7 Å². The predicted molar refractivity (Wildman–Crippen MR) is 105 cm³/mol. The number of aryl methyl sites for hydroxylation is 1. The third-order valence-electron chi connectivity index (χ3n) is 3.89. The number of oxime groups is 1. The van der Waals surface area contributed by atoms with E-state index in [2.05, 4.69) is 20.2 Å². The van der Waals surface area contributed by atoms with Crippen molar-refractivity contribution in [3.8, 4) is 17.4 Å². The first-order valence-electron chi connectivity index (χ1n) is 8.60. The lowest BCUT2D eigenvalue weighted by Crippen LogP contribution is -2.24. The molecule has 1 aromatic carbocycles. The number of ether oxygens (including phenoxy) is 2. The summed E-state index contributed by atoms with van der Waals surface area (Å²) in [5.41, 5.74) is 0.556. The van der Waals surface area contributed by atoms with Gasteiger partial charge >= 0.3 is 5.97 Å². The summed E-state index contributed by atoms with van der Waals surface area (Å²) in [5.74, 6) is 0.116. The fourth-order valence-electron chi connectivity index (χ4n) is 2.61. The molecule has 3 aromatic rings. The zero-order valence-electron chi connectivity index (χ0n) is 16.4. The molecule has 0 bridgehead atoms. The van der Waals surface area contributed by atoms with E-state index in [-0.39, 0.29) is 23.0 Å². The van der Waals surface area contributed by atoms with Gasteiger partial charge < -0.3 is 19.6 Å². The number of para-hydroxylation sites is 1. The predicted octanol–water partition coefficient (Wildman–Crippen LogP) is 2.18. The Morgan fingerprint density at radius 2 is 1.90 bits per heavy atom. The van der Waals surface area contributed by atoms with Crippen molar-refractivity contribution in [2.75, 3.05) is 26.1 Å². The summed E-state index contributed by atoms with van der Waals surface area (Å²) < 4.78 is 12.2. The van der Waals surface area contributed by atoms with Crippen LogP contribution in [-0.4, -0.2) is 57.8 Å². The van der Waals surface area contributed by atoms with Crippen molar-refractivity contribution in [1.29, 1.82) is 0 Å². The van der Waals surface area contributed by atoms with Crippen LogP contribution in [0.15, 0.2) is 47.8 Å². The molecule has 0 saturated heterocycles. The van der Waals surface area contributed by atoms with E-state index in [4.69, 9.17) is 9.47 Å². The second kappa shape index (κ2) is 8.38. The Morgan fingerprint density at radius 3 is 2.52 bits per heavy atom. The Balaban J connectivity index is 2.07. The molecular weight excluding hydrogens is 376 g/mol. The van der Waals surface area contributed by atoms with Crippen LogP contribution < -0.4 is 9.64 Å². The van der Waals surface area contributed by atoms with Gasteiger partial charge in [-0.15, -0.1) is 5.10 Å². The summed E-state index contributed by atoms with van der Waals surface area (Å²) in [6.07, 6.45) is 1.73. The summed E-state index contributed by atoms with van der Waals surface area (Å²) in [5, 5.41) is 16.9. The number of hydrogen-bond acceptors (Lipinski definition) is 9. The van der Waals surface area contributed by atoms with Gasteiger partial charge in [-0.05, 0) is 19.1 Å². The molecule has 3 rings (SSSR count). The normalized spacial score (nSPS) is 11.2. The molecule has 0 atom stereocenters. The van der Waals surface area contributed by atoms with Crippen LogP contribution in [0, 0.1) is 6.92 Å². The number of benzene rings is 1. The molecule has 0 aliphatic rings. The molecule has 2 aromatic heterocycles. The molecule has 2 heterocycles. The average Bonchev–Trinajstić information content (AvgIpc) is 3.18. The molecule has 0 unspecified atom stereocenters. The fraction of sp³-hybridized carbons (Fsp3) is 0.211. The van der Waals surface area contributed by atoms with Gasteiger partial charge in [-0.2, -0.15) is 4.98 Å². The van der Waals surface area contributed by atoms with Crippen LogP contribution in [0.2, 0.25) is 0 Å². The number of rotatable bonds is 6. The molecule has 29 heavy (non-hydrogen) atoms. The van der Waals surface area contributed by atoms with Gasteiger partial charge in [-0.3, -0.25) is 0 Å². The third-order valence-corrected chi connectivity index (χ3v) is 3.89. The van der Waals surface area contributed by atoms with Gasteiger partial charge in [0.25, 0.3) is 0 Å². The van der Waals surface area contributed by atoms with Crippen LogP contribution >= 0.6 is 0 Å². The molecular formula is C19H20N6O4. The Kier molecular flexibility index (Phi) is 5.72. The lowest BCUT2D eigenvalue weighted by molar-refractivity contribution is -0.132. The molecule has 0 aliphatic carbocycles. The third kappa shape index (κ3) is 4.15. The summed E-state index contributed by atoms with van der Waals surface area (Å²) in [6, 6.07) is 11.1. The Hall–Kier alpha value is -3.95. The maximum Gasteiger partial charge on any atom is 0.361 e. The molecule has 0 saturated carbocycles. The van der Waals surface area contributed by atoms with Gasteiger partial charge in [0.1, 0.15) is 17.2 Å². The maximum atomic E-state index is 12.1. The van der Waals surface area contributed by atoms with Crippen LogP contribution in [0.4, 0.5) is 5.82 Å². The van der Waals surface area contributed by atoms with E-state index in [0.717, 1.165) is 5.69 Å². The first-order valence-corrected chi connectivity index (χ1v) is 8.60. The van der Waals surface area contributed by atoms with Gasteiger partial charge in [0, 0.05) is 26.4 Å². The Bertz CT molecular complexity index is 1050. The monoisotopic (exact) mass is 396 g/mol. The molecule has 0 radical (unpaired) electrons. The number of anilines is 1. The highest BCUT2D eigenvalue weighted by Gasteiger charge is 2.28. The van der Waals surface area contributed by atoms with Gasteiger partial charge in [-0.1, -0.05) is 23.4 Å². The van der Waals surface area contributed by atoms with Crippen molar-refractivity contribution < 1.29 is 19.5 Å². The molecule has 0 amide bonds. The molecule has 10 heteroatoms. The van der Waals surface area contributed by atoms with E-state index < -0.39 is 5.97 Å². The zero-order chi connectivity index (χ0) is 21.0. The number of hydrogen-bond donors (Lipinski definition) is 1. The highest BCUT2D eigenvalue weighted by Crippen LogP contribution is 2.30. The second-order valence-corrected chi connectivity index (χ2v) is 6.15. The largest absolute Gasteiger partial charge is 0.464 e. The van der Waals surface area contributed by atoms with Gasteiger partial charge in [0.05, 0.1) is 12.8 Å². The Morgan fingerprint density at radius 1 is 1.17 bits per heavy atom. The average molecular weight is 396 g/mol. The number of nitrogens with zero attached hydrogens (tertiary/aromatic N) is 6.